The van der Waals surface area contributed by atoms with E-state index < -0.39 is 11.8 Å². The third-order valence-electron chi connectivity index (χ3n) is 1.21. The van der Waals surface area contributed by atoms with Crippen LogP contribution in [0.15, 0.2) is 17.1 Å². The van der Waals surface area contributed by atoms with Crippen molar-refractivity contribution in [2.75, 3.05) is 5.32 Å². The molecule has 0 fully saturated rings. The van der Waals surface area contributed by atoms with Crippen LogP contribution in [0.1, 0.15) is 0 Å². The van der Waals surface area contributed by atoms with E-state index in [1.165, 1.54) is 23.9 Å². The number of hydrogen-bond acceptors (Lipinski definition) is 3. The van der Waals surface area contributed by atoms with E-state index in [4.69, 9.17) is 5.11 Å². The molecule has 0 unspecified atom stereocenters. The second-order valence-electron chi connectivity index (χ2n) is 2.14. The zero-order valence-corrected chi connectivity index (χ0v) is 6.31. The number of hydrogen-bond donors (Lipinski definition) is 2. The van der Waals surface area contributed by atoms with Gasteiger partial charge in [0.15, 0.2) is 0 Å². The van der Waals surface area contributed by atoms with E-state index in [1.807, 2.05) is 5.32 Å². The van der Waals surface area contributed by atoms with Crippen LogP contribution in [0.4, 0.5) is 10.6 Å². The van der Waals surface area contributed by atoms with E-state index in [-0.39, 0.29) is 5.82 Å². The summed E-state index contributed by atoms with van der Waals surface area (Å²) in [6.07, 6.45) is 0.191. The van der Waals surface area contributed by atoms with Crippen LogP contribution in [0.3, 0.4) is 0 Å². The summed E-state index contributed by atoms with van der Waals surface area (Å²) in [5, 5.41) is 10.2. The number of carboxylic acid groups (broad SMARTS) is 1. The van der Waals surface area contributed by atoms with Crippen LogP contribution in [-0.2, 0) is 7.05 Å². The highest BCUT2D eigenvalue weighted by Crippen LogP contribution is 1.95. The van der Waals surface area contributed by atoms with Crippen molar-refractivity contribution in [2.45, 2.75) is 0 Å². The Bertz CT molecular complexity index is 357. The smallest absolute Gasteiger partial charge is 0.410 e. The molecule has 0 aliphatic carbocycles. The number of aryl methyl sites for hydroxylation is 1. The average Bonchev–Trinajstić information content (AvgIpc) is 1.96. The fourth-order valence-electron chi connectivity index (χ4n) is 0.645. The van der Waals surface area contributed by atoms with Gasteiger partial charge in [-0.25, -0.2) is 9.59 Å². The second kappa shape index (κ2) is 3.04. The Morgan fingerprint density at radius 3 is 2.92 bits per heavy atom. The molecule has 6 nitrogen and oxygen atoms in total. The lowest BCUT2D eigenvalue weighted by Gasteiger charge is -1.99. The Labute approximate surface area is 67.5 Å². The lowest BCUT2D eigenvalue weighted by Crippen LogP contribution is -2.21. The minimum absolute atomic E-state index is 0.0330. The minimum atomic E-state index is -1.24. The highest BCUT2D eigenvalue weighted by atomic mass is 16.4. The van der Waals surface area contributed by atoms with Crippen molar-refractivity contribution in [3.8, 4) is 0 Å². The standard InChI is InChI=1S/C6H7N3O3/c1-9-3-2-4(7-5(9)10)8-6(11)12/h2-3H,1H3,(H,11,12)(H,7,8,10). The van der Waals surface area contributed by atoms with Gasteiger partial charge in [0.2, 0.25) is 0 Å². The van der Waals surface area contributed by atoms with Crippen LogP contribution in [-0.4, -0.2) is 20.8 Å². The van der Waals surface area contributed by atoms with Gasteiger partial charge in [0.1, 0.15) is 5.82 Å². The van der Waals surface area contributed by atoms with Crippen LogP contribution in [0, 0.1) is 0 Å². The van der Waals surface area contributed by atoms with Gasteiger partial charge in [-0.1, -0.05) is 0 Å². The Hall–Kier alpha value is -1.85. The maximum atomic E-state index is 10.8. The van der Waals surface area contributed by atoms with Crippen LogP contribution in [0.2, 0.25) is 0 Å². The van der Waals surface area contributed by atoms with Crippen LogP contribution < -0.4 is 11.0 Å². The van der Waals surface area contributed by atoms with Gasteiger partial charge in [-0.15, -0.1) is 0 Å². The van der Waals surface area contributed by atoms with E-state index in [0.29, 0.717) is 0 Å². The predicted octanol–water partition coefficient (Wildman–Crippen LogP) is -0.130. The molecule has 1 aromatic rings. The zero-order valence-electron chi connectivity index (χ0n) is 6.31. The first-order valence-corrected chi connectivity index (χ1v) is 3.13. The fraction of sp³-hybridized carbons (Fsp3) is 0.167. The van der Waals surface area contributed by atoms with Crippen LogP contribution in [0.5, 0.6) is 0 Å². The maximum absolute atomic E-state index is 10.8. The van der Waals surface area contributed by atoms with Crippen molar-refractivity contribution in [1.29, 1.82) is 0 Å². The number of anilines is 1. The quantitative estimate of drug-likeness (QED) is 0.613. The molecule has 0 aliphatic rings. The summed E-state index contributed by atoms with van der Waals surface area (Å²) >= 11 is 0. The van der Waals surface area contributed by atoms with Gasteiger partial charge in [0, 0.05) is 13.2 Å². The number of nitrogens with one attached hydrogen (secondary N) is 1. The lowest BCUT2D eigenvalue weighted by atomic mass is 10.6. The summed E-state index contributed by atoms with van der Waals surface area (Å²) in [5.74, 6) is 0.0330. The molecule has 0 spiro atoms. The van der Waals surface area contributed by atoms with Gasteiger partial charge in [-0.2, -0.15) is 4.98 Å². The molecule has 0 radical (unpaired) electrons. The first-order chi connectivity index (χ1) is 5.59. The molecule has 0 aromatic carbocycles. The summed E-state index contributed by atoms with van der Waals surface area (Å²) < 4.78 is 1.24. The summed E-state index contributed by atoms with van der Waals surface area (Å²) in [7, 11) is 1.53. The topological polar surface area (TPSA) is 84.2 Å². The number of carbonyl (C=O) groups is 1. The van der Waals surface area contributed by atoms with E-state index in [1.54, 1.807) is 0 Å². The maximum Gasteiger partial charge on any atom is 0.410 e. The molecule has 0 atom stereocenters. The first-order valence-electron chi connectivity index (χ1n) is 3.13. The fourth-order valence-corrected chi connectivity index (χ4v) is 0.645. The van der Waals surface area contributed by atoms with Gasteiger partial charge in [0.25, 0.3) is 0 Å². The Balaban J connectivity index is 2.97. The highest BCUT2D eigenvalue weighted by Gasteiger charge is 1.99. The van der Waals surface area contributed by atoms with E-state index in [9.17, 15) is 9.59 Å². The molecule has 0 saturated carbocycles. The molecule has 12 heavy (non-hydrogen) atoms. The molecule has 0 bridgehead atoms. The predicted molar refractivity (Wildman–Crippen MR) is 41.1 cm³/mol. The monoisotopic (exact) mass is 169 g/mol. The molecule has 0 aliphatic heterocycles. The summed E-state index contributed by atoms with van der Waals surface area (Å²) in [6, 6.07) is 1.40. The van der Waals surface area contributed by atoms with Gasteiger partial charge in [0.05, 0.1) is 0 Å². The number of amides is 1. The Morgan fingerprint density at radius 1 is 1.75 bits per heavy atom. The molecule has 0 saturated heterocycles. The normalized spacial score (nSPS) is 9.42. The van der Waals surface area contributed by atoms with Crippen LogP contribution >= 0.6 is 0 Å². The molecular weight excluding hydrogens is 162 g/mol. The zero-order chi connectivity index (χ0) is 9.14. The molecule has 6 heteroatoms. The Kier molecular flexibility index (Phi) is 2.09. The molecule has 2 N–H and O–H groups in total. The van der Waals surface area contributed by atoms with E-state index in [2.05, 4.69) is 4.98 Å². The number of rotatable bonds is 1. The molecule has 1 amide bonds. The summed E-state index contributed by atoms with van der Waals surface area (Å²) in [6.45, 7) is 0. The van der Waals surface area contributed by atoms with Gasteiger partial charge < -0.3 is 9.67 Å². The van der Waals surface area contributed by atoms with Crippen LogP contribution in [0.25, 0.3) is 0 Å². The third kappa shape index (κ3) is 1.82. The third-order valence-corrected chi connectivity index (χ3v) is 1.21. The minimum Gasteiger partial charge on any atom is -0.465 e. The van der Waals surface area contributed by atoms with E-state index >= 15 is 0 Å². The summed E-state index contributed by atoms with van der Waals surface area (Å²) in [5.41, 5.74) is -0.499. The van der Waals surface area contributed by atoms with Crippen molar-refractivity contribution in [1.82, 2.24) is 9.55 Å². The van der Waals surface area contributed by atoms with Gasteiger partial charge in [-0.3, -0.25) is 5.32 Å². The van der Waals surface area contributed by atoms with E-state index in [0.717, 1.165) is 0 Å². The largest absolute Gasteiger partial charge is 0.465 e. The molecule has 1 aromatic heterocycles. The molecular formula is C6H7N3O3. The number of nitrogens with zero attached hydrogens (tertiary/aromatic N) is 2. The van der Waals surface area contributed by atoms with Crippen molar-refractivity contribution in [3.63, 3.8) is 0 Å². The van der Waals surface area contributed by atoms with Crippen molar-refractivity contribution in [3.05, 3.63) is 22.7 Å². The van der Waals surface area contributed by atoms with Crippen molar-refractivity contribution >= 4 is 11.9 Å². The number of aromatic nitrogens is 2. The van der Waals surface area contributed by atoms with Gasteiger partial charge >= 0.3 is 11.8 Å². The molecule has 1 rings (SSSR count). The average molecular weight is 169 g/mol. The first kappa shape index (κ1) is 8.25. The highest BCUT2D eigenvalue weighted by molar-refractivity contribution is 5.81. The van der Waals surface area contributed by atoms with Crippen molar-refractivity contribution < 1.29 is 9.90 Å². The summed E-state index contributed by atoms with van der Waals surface area (Å²) in [4.78, 5) is 24.4. The van der Waals surface area contributed by atoms with Gasteiger partial charge in [-0.05, 0) is 6.07 Å². The van der Waals surface area contributed by atoms with Crippen molar-refractivity contribution in [2.24, 2.45) is 7.05 Å². The second-order valence-corrected chi connectivity index (χ2v) is 2.14. The SMILES string of the molecule is Cn1ccc(NC(=O)O)nc1=O. The Morgan fingerprint density at radius 2 is 2.42 bits per heavy atom. The molecule has 64 valence electrons. The lowest BCUT2D eigenvalue weighted by molar-refractivity contribution is 0.209. The molecule has 1 heterocycles.